The highest BCUT2D eigenvalue weighted by molar-refractivity contribution is 5.78. The van der Waals surface area contributed by atoms with Gasteiger partial charge in [0.1, 0.15) is 5.67 Å². The molecule has 2 N–H and O–H groups in total. The standard InChI is InChI=1S/C17H22F6N6O2/c1-15(18)3-2-12(30)28(9-15)7-10(24)6-13(31)27-4-5-29-11(8-27)25-26-14(29)16(19,20)17(21,22)23/h10H,2-9,24H2,1H3/t10-,15?/m0/s1. The lowest BCUT2D eigenvalue weighted by molar-refractivity contribution is -0.293. The molecule has 31 heavy (non-hydrogen) atoms. The summed E-state index contributed by atoms with van der Waals surface area (Å²) in [4.78, 5) is 26.9. The van der Waals surface area contributed by atoms with E-state index in [1.54, 1.807) is 0 Å². The van der Waals surface area contributed by atoms with Crippen LogP contribution in [0.2, 0.25) is 0 Å². The zero-order valence-corrected chi connectivity index (χ0v) is 16.6. The molecular formula is C17H22F6N6O2. The van der Waals surface area contributed by atoms with Crippen molar-refractivity contribution in [1.82, 2.24) is 24.6 Å². The second-order valence-electron chi connectivity index (χ2n) is 8.13. The third kappa shape index (κ3) is 4.77. The molecule has 0 saturated carbocycles. The van der Waals surface area contributed by atoms with Gasteiger partial charge in [-0.3, -0.25) is 9.59 Å². The van der Waals surface area contributed by atoms with Crippen LogP contribution in [0.5, 0.6) is 0 Å². The van der Waals surface area contributed by atoms with Crippen molar-refractivity contribution in [2.24, 2.45) is 5.73 Å². The molecule has 8 nitrogen and oxygen atoms in total. The van der Waals surface area contributed by atoms with Crippen LogP contribution in [0.15, 0.2) is 0 Å². The summed E-state index contributed by atoms with van der Waals surface area (Å²) >= 11 is 0. The molecule has 0 aliphatic carbocycles. The molecule has 1 fully saturated rings. The second-order valence-corrected chi connectivity index (χ2v) is 8.13. The van der Waals surface area contributed by atoms with E-state index in [9.17, 15) is 35.9 Å². The number of carbonyl (C=O) groups excluding carboxylic acids is 2. The van der Waals surface area contributed by atoms with Crippen molar-refractivity contribution in [3.05, 3.63) is 11.6 Å². The lowest BCUT2D eigenvalue weighted by Gasteiger charge is -2.36. The van der Waals surface area contributed by atoms with Gasteiger partial charge in [0, 0.05) is 38.5 Å². The largest absolute Gasteiger partial charge is 0.461 e. The van der Waals surface area contributed by atoms with E-state index in [0.29, 0.717) is 4.57 Å². The number of alkyl halides is 6. The maximum atomic E-state index is 14.1. The molecule has 1 unspecified atom stereocenters. The Hall–Kier alpha value is -2.38. The van der Waals surface area contributed by atoms with E-state index in [-0.39, 0.29) is 63.7 Å². The van der Waals surface area contributed by atoms with Crippen LogP contribution in [0.25, 0.3) is 0 Å². The van der Waals surface area contributed by atoms with Crippen molar-refractivity contribution >= 4 is 11.8 Å². The molecule has 2 aliphatic heterocycles. The molecule has 14 heteroatoms. The van der Waals surface area contributed by atoms with Crippen molar-refractivity contribution in [2.75, 3.05) is 19.6 Å². The van der Waals surface area contributed by atoms with Crippen molar-refractivity contribution in [3.63, 3.8) is 0 Å². The van der Waals surface area contributed by atoms with Crippen molar-refractivity contribution in [2.45, 2.75) is 63.1 Å². The lowest BCUT2D eigenvalue weighted by atomic mass is 9.96. The van der Waals surface area contributed by atoms with E-state index in [2.05, 4.69) is 10.2 Å². The van der Waals surface area contributed by atoms with E-state index in [4.69, 9.17) is 5.73 Å². The first-order valence-electron chi connectivity index (χ1n) is 9.58. The maximum Gasteiger partial charge on any atom is 0.461 e. The van der Waals surface area contributed by atoms with Gasteiger partial charge in [-0.1, -0.05) is 0 Å². The summed E-state index contributed by atoms with van der Waals surface area (Å²) in [7, 11) is 0. The molecule has 3 heterocycles. The summed E-state index contributed by atoms with van der Waals surface area (Å²) in [5, 5.41) is 6.37. The first kappa shape index (κ1) is 23.3. The number of hydrogen-bond acceptors (Lipinski definition) is 5. The van der Waals surface area contributed by atoms with E-state index in [1.165, 1.54) is 16.7 Å². The van der Waals surface area contributed by atoms with Gasteiger partial charge in [-0.15, -0.1) is 10.2 Å². The minimum Gasteiger partial charge on any atom is -0.338 e. The third-order valence-corrected chi connectivity index (χ3v) is 5.37. The Kier molecular flexibility index (Phi) is 5.97. The summed E-state index contributed by atoms with van der Waals surface area (Å²) in [6, 6.07) is -0.796. The minimum absolute atomic E-state index is 0.0317. The summed E-state index contributed by atoms with van der Waals surface area (Å²) in [5.41, 5.74) is 4.41. The fraction of sp³-hybridized carbons (Fsp3) is 0.765. The molecule has 1 saturated heterocycles. The fourth-order valence-electron chi connectivity index (χ4n) is 3.69. The summed E-state index contributed by atoms with van der Waals surface area (Å²) in [6.45, 7) is 0.436. The van der Waals surface area contributed by atoms with E-state index >= 15 is 0 Å². The number of amides is 2. The molecule has 0 aromatic carbocycles. The number of rotatable bonds is 5. The van der Waals surface area contributed by atoms with Crippen LogP contribution in [-0.4, -0.2) is 73.9 Å². The number of halogens is 6. The highest BCUT2D eigenvalue weighted by atomic mass is 19.4. The summed E-state index contributed by atoms with van der Waals surface area (Å²) in [5.74, 6) is -7.64. The van der Waals surface area contributed by atoms with Gasteiger partial charge >= 0.3 is 12.1 Å². The van der Waals surface area contributed by atoms with E-state index in [1.807, 2.05) is 0 Å². The summed E-state index contributed by atoms with van der Waals surface area (Å²) in [6.07, 6.45) is -5.88. The fourth-order valence-corrected chi connectivity index (χ4v) is 3.69. The van der Waals surface area contributed by atoms with E-state index < -0.39 is 35.5 Å². The Balaban J connectivity index is 1.61. The number of hydrogen-bond donors (Lipinski definition) is 1. The van der Waals surface area contributed by atoms with Crippen LogP contribution >= 0.6 is 0 Å². The van der Waals surface area contributed by atoms with Gasteiger partial charge in [0.25, 0.3) is 0 Å². The Bertz CT molecular complexity index is 855. The van der Waals surface area contributed by atoms with Gasteiger partial charge in [-0.25, -0.2) is 4.39 Å². The molecule has 0 bridgehead atoms. The van der Waals surface area contributed by atoms with Crippen molar-refractivity contribution in [1.29, 1.82) is 0 Å². The quantitative estimate of drug-likeness (QED) is 0.675. The molecule has 2 aliphatic rings. The minimum atomic E-state index is -5.82. The SMILES string of the molecule is CC1(F)CCC(=O)N(C[C@@H](N)CC(=O)N2CCn3c(nnc3C(F)(F)C(F)(F)F)C2)C1. The van der Waals surface area contributed by atoms with Gasteiger partial charge < -0.3 is 20.1 Å². The number of likely N-dealkylation sites (tertiary alicyclic amines) is 1. The number of fused-ring (bicyclic) bond motifs is 1. The number of carbonyl (C=O) groups is 2. The molecule has 3 rings (SSSR count). The lowest BCUT2D eigenvalue weighted by Crippen LogP contribution is -2.52. The third-order valence-electron chi connectivity index (χ3n) is 5.37. The molecule has 0 spiro atoms. The molecular weight excluding hydrogens is 434 g/mol. The molecule has 2 atom stereocenters. The normalized spacial score (nSPS) is 23.7. The van der Waals surface area contributed by atoms with Crippen LogP contribution in [0.3, 0.4) is 0 Å². The highest BCUT2D eigenvalue weighted by Gasteiger charge is 2.62. The number of piperidine rings is 1. The second kappa shape index (κ2) is 7.95. The zero-order chi connectivity index (χ0) is 23.2. The Morgan fingerprint density at radius 3 is 2.55 bits per heavy atom. The van der Waals surface area contributed by atoms with E-state index in [0.717, 1.165) is 0 Å². The molecule has 0 radical (unpaired) electrons. The predicted octanol–water partition coefficient (Wildman–Crippen LogP) is 1.34. The smallest absolute Gasteiger partial charge is 0.338 e. The van der Waals surface area contributed by atoms with Crippen LogP contribution in [0.1, 0.15) is 37.8 Å². The first-order chi connectivity index (χ1) is 14.2. The van der Waals surface area contributed by atoms with Gasteiger partial charge in [-0.2, -0.15) is 22.0 Å². The average Bonchev–Trinajstić information content (AvgIpc) is 3.07. The molecule has 174 valence electrons. The van der Waals surface area contributed by atoms with Crippen LogP contribution in [-0.2, 0) is 28.6 Å². The van der Waals surface area contributed by atoms with Crippen LogP contribution < -0.4 is 5.73 Å². The van der Waals surface area contributed by atoms with Crippen molar-refractivity contribution in [3.8, 4) is 0 Å². The van der Waals surface area contributed by atoms with Gasteiger partial charge in [-0.05, 0) is 13.3 Å². The number of nitrogens with zero attached hydrogens (tertiary/aromatic N) is 5. The van der Waals surface area contributed by atoms with Gasteiger partial charge in [0.15, 0.2) is 5.82 Å². The monoisotopic (exact) mass is 456 g/mol. The topological polar surface area (TPSA) is 97.3 Å². The van der Waals surface area contributed by atoms with Gasteiger partial charge in [0.05, 0.1) is 13.1 Å². The Labute approximate surface area is 173 Å². The highest BCUT2D eigenvalue weighted by Crippen LogP contribution is 2.43. The predicted molar refractivity (Wildman–Crippen MR) is 93.3 cm³/mol. The van der Waals surface area contributed by atoms with Crippen LogP contribution in [0, 0.1) is 0 Å². The molecule has 1 aromatic heterocycles. The molecule has 2 amide bonds. The Morgan fingerprint density at radius 1 is 1.23 bits per heavy atom. The zero-order valence-electron chi connectivity index (χ0n) is 16.6. The van der Waals surface area contributed by atoms with Gasteiger partial charge in [0.2, 0.25) is 17.6 Å². The maximum absolute atomic E-state index is 14.1. The Morgan fingerprint density at radius 2 is 1.90 bits per heavy atom. The van der Waals surface area contributed by atoms with Crippen molar-refractivity contribution < 1.29 is 35.9 Å². The molecule has 1 aromatic rings. The number of nitrogens with two attached hydrogens (primary N) is 1. The first-order valence-corrected chi connectivity index (χ1v) is 9.58. The van der Waals surface area contributed by atoms with Crippen LogP contribution in [0.4, 0.5) is 26.3 Å². The number of aromatic nitrogens is 3. The summed E-state index contributed by atoms with van der Waals surface area (Å²) < 4.78 is 79.9. The average molecular weight is 456 g/mol.